The average molecular weight is 111 g/mol. The molecule has 8 heavy (non-hydrogen) atoms. The van der Waals surface area contributed by atoms with E-state index in [1.807, 2.05) is 0 Å². The van der Waals surface area contributed by atoms with E-state index in [-0.39, 0.29) is 0 Å². The Morgan fingerprint density at radius 1 is 1.50 bits per heavy atom. The van der Waals surface area contributed by atoms with Crippen LogP contribution in [0.5, 0.6) is 0 Å². The number of nitrogens with zero attached hydrogens (tertiary/aromatic N) is 1. The van der Waals surface area contributed by atoms with Crippen molar-refractivity contribution in [3.63, 3.8) is 0 Å². The molecule has 2 heteroatoms. The maximum Gasteiger partial charge on any atom is 0.0863 e. The van der Waals surface area contributed by atoms with Crippen LogP contribution in [0.1, 0.15) is 20.8 Å². The molecule has 2 radical (unpaired) electrons. The molecule has 0 aliphatic heterocycles. The van der Waals surface area contributed by atoms with Crippen LogP contribution in [0, 0.1) is 0 Å². The predicted octanol–water partition coefficient (Wildman–Crippen LogP) is 0.843. The van der Waals surface area contributed by atoms with Gasteiger partial charge < -0.3 is 4.90 Å². The molecule has 0 fully saturated rings. The summed E-state index contributed by atoms with van der Waals surface area (Å²) in [6, 6.07) is 0.588. The molecule has 0 N–H and O–H groups in total. The van der Waals surface area contributed by atoms with Crippen LogP contribution in [0.2, 0.25) is 0 Å². The Morgan fingerprint density at radius 3 is 2.00 bits per heavy atom. The third kappa shape index (κ3) is 2.36. The molecule has 0 aliphatic carbocycles. The molecule has 0 atom stereocenters. The summed E-state index contributed by atoms with van der Waals surface area (Å²) in [5, 5.41) is 0. The van der Waals surface area contributed by atoms with Gasteiger partial charge in [-0.1, -0.05) is 6.92 Å². The Balaban J connectivity index is 3.35. The Hall–Kier alpha value is 0.0249. The first kappa shape index (κ1) is 8.02. The second kappa shape index (κ2) is 3.96. The fraction of sp³-hybridized carbons (Fsp3) is 1.00. The Bertz CT molecular complexity index is 50.5. The Kier molecular flexibility index (Phi) is 3.97. The molecule has 0 aromatic rings. The molecule has 0 spiro atoms. The summed E-state index contributed by atoms with van der Waals surface area (Å²) in [6.07, 6.45) is 0.675. The fourth-order valence-corrected chi connectivity index (χ4v) is 0.705. The van der Waals surface area contributed by atoms with Crippen LogP contribution in [-0.2, 0) is 0 Å². The van der Waals surface area contributed by atoms with Gasteiger partial charge in [-0.25, -0.2) is 0 Å². The van der Waals surface area contributed by atoms with E-state index in [1.54, 1.807) is 0 Å². The molecule has 0 saturated heterocycles. The largest absolute Gasteiger partial charge is 0.310 e. The quantitative estimate of drug-likeness (QED) is 0.488. The van der Waals surface area contributed by atoms with Crippen LogP contribution < -0.4 is 0 Å². The van der Waals surface area contributed by atoms with Crippen molar-refractivity contribution in [2.75, 3.05) is 13.0 Å². The van der Waals surface area contributed by atoms with E-state index in [2.05, 4.69) is 25.7 Å². The van der Waals surface area contributed by atoms with Crippen molar-refractivity contribution < 1.29 is 0 Å². The molecule has 1 nitrogen and oxygen atoms in total. The topological polar surface area (TPSA) is 3.24 Å². The highest BCUT2D eigenvalue weighted by Crippen LogP contribution is 1.92. The highest BCUT2D eigenvalue weighted by Gasteiger charge is 2.00. The summed E-state index contributed by atoms with van der Waals surface area (Å²) >= 11 is 0. The van der Waals surface area contributed by atoms with Crippen LogP contribution in [0.4, 0.5) is 0 Å². The highest BCUT2D eigenvalue weighted by atomic mass is 15.1. The number of rotatable bonds is 3. The second-order valence-electron chi connectivity index (χ2n) is 2.18. The average Bonchev–Trinajstić information content (AvgIpc) is 1.69. The molecular formula is C6H14BN. The summed E-state index contributed by atoms with van der Waals surface area (Å²) in [5.41, 5.74) is 0. The van der Waals surface area contributed by atoms with Crippen molar-refractivity contribution in [3.05, 3.63) is 0 Å². The zero-order valence-corrected chi connectivity index (χ0v) is 6.02. The van der Waals surface area contributed by atoms with Gasteiger partial charge in [0.2, 0.25) is 0 Å². The first-order valence-electron chi connectivity index (χ1n) is 3.16. The van der Waals surface area contributed by atoms with Crippen LogP contribution in [-0.4, -0.2) is 31.8 Å². The lowest BCUT2D eigenvalue weighted by Gasteiger charge is -2.22. The standard InChI is InChI=1S/C6H14BN/c1-4-8(5-7)6(2)3/h6H,4-5H2,1-3H3. The van der Waals surface area contributed by atoms with Crippen LogP contribution in [0.3, 0.4) is 0 Å². The lowest BCUT2D eigenvalue weighted by atomic mass is 10.1. The molecule has 0 aliphatic rings. The molecule has 0 amide bonds. The molecule has 0 aromatic heterocycles. The normalized spacial score (nSPS) is 11.1. The smallest absolute Gasteiger partial charge is 0.0863 e. The first-order chi connectivity index (χ1) is 3.72. The molecular weight excluding hydrogens is 96.9 g/mol. The van der Waals surface area contributed by atoms with Crippen molar-refractivity contribution >= 4 is 7.85 Å². The lowest BCUT2D eigenvalue weighted by molar-refractivity contribution is 0.273. The summed E-state index contributed by atoms with van der Waals surface area (Å²) in [7, 11) is 5.41. The maximum atomic E-state index is 5.41. The minimum atomic E-state index is 0.588. The predicted molar refractivity (Wildman–Crippen MR) is 38.1 cm³/mol. The Morgan fingerprint density at radius 2 is 2.00 bits per heavy atom. The van der Waals surface area contributed by atoms with Crippen LogP contribution in [0.15, 0.2) is 0 Å². The molecule has 0 aromatic carbocycles. The lowest BCUT2D eigenvalue weighted by Crippen LogP contribution is -2.31. The molecule has 0 saturated carbocycles. The zero-order chi connectivity index (χ0) is 6.57. The monoisotopic (exact) mass is 111 g/mol. The van der Waals surface area contributed by atoms with Gasteiger partial charge in [-0.05, 0) is 26.8 Å². The third-order valence-corrected chi connectivity index (χ3v) is 1.37. The van der Waals surface area contributed by atoms with Gasteiger partial charge in [0.15, 0.2) is 0 Å². The summed E-state index contributed by atoms with van der Waals surface area (Å²) in [5.74, 6) is 0. The molecule has 46 valence electrons. The summed E-state index contributed by atoms with van der Waals surface area (Å²) in [6.45, 7) is 7.47. The van der Waals surface area contributed by atoms with E-state index in [9.17, 15) is 0 Å². The van der Waals surface area contributed by atoms with Crippen molar-refractivity contribution in [1.29, 1.82) is 0 Å². The van der Waals surface area contributed by atoms with E-state index in [1.165, 1.54) is 0 Å². The minimum Gasteiger partial charge on any atom is -0.310 e. The van der Waals surface area contributed by atoms with Crippen molar-refractivity contribution in [1.82, 2.24) is 4.90 Å². The van der Waals surface area contributed by atoms with Gasteiger partial charge in [0.1, 0.15) is 0 Å². The summed E-state index contributed by atoms with van der Waals surface area (Å²) < 4.78 is 0. The molecule has 0 rings (SSSR count). The van der Waals surface area contributed by atoms with Crippen LogP contribution in [0.25, 0.3) is 0 Å². The van der Waals surface area contributed by atoms with E-state index in [0.29, 0.717) is 12.5 Å². The highest BCUT2D eigenvalue weighted by molar-refractivity contribution is 6.08. The van der Waals surface area contributed by atoms with Gasteiger partial charge in [0.05, 0.1) is 7.85 Å². The minimum absolute atomic E-state index is 0.588. The van der Waals surface area contributed by atoms with E-state index >= 15 is 0 Å². The zero-order valence-electron chi connectivity index (χ0n) is 6.02. The van der Waals surface area contributed by atoms with Gasteiger partial charge in [-0.15, -0.1) is 0 Å². The van der Waals surface area contributed by atoms with E-state index in [4.69, 9.17) is 7.85 Å². The second-order valence-corrected chi connectivity index (χ2v) is 2.18. The maximum absolute atomic E-state index is 5.41. The number of hydrogen-bond donors (Lipinski definition) is 0. The van der Waals surface area contributed by atoms with Crippen LogP contribution >= 0.6 is 0 Å². The molecule has 0 heterocycles. The summed E-state index contributed by atoms with van der Waals surface area (Å²) in [4.78, 5) is 2.19. The van der Waals surface area contributed by atoms with Gasteiger partial charge in [0.25, 0.3) is 0 Å². The Labute approximate surface area is 53.5 Å². The first-order valence-corrected chi connectivity index (χ1v) is 3.16. The van der Waals surface area contributed by atoms with Crippen molar-refractivity contribution in [2.24, 2.45) is 0 Å². The fourth-order valence-electron chi connectivity index (χ4n) is 0.705. The number of hydrogen-bond acceptors (Lipinski definition) is 1. The molecule has 0 bridgehead atoms. The van der Waals surface area contributed by atoms with E-state index in [0.717, 1.165) is 6.54 Å². The van der Waals surface area contributed by atoms with Crippen molar-refractivity contribution in [2.45, 2.75) is 26.8 Å². The van der Waals surface area contributed by atoms with Gasteiger partial charge in [-0.3, -0.25) is 0 Å². The third-order valence-electron chi connectivity index (χ3n) is 1.37. The van der Waals surface area contributed by atoms with Gasteiger partial charge >= 0.3 is 0 Å². The molecule has 0 unspecified atom stereocenters. The van der Waals surface area contributed by atoms with Crippen molar-refractivity contribution in [3.8, 4) is 0 Å². The van der Waals surface area contributed by atoms with Gasteiger partial charge in [-0.2, -0.15) is 0 Å². The van der Waals surface area contributed by atoms with E-state index < -0.39 is 0 Å². The SMILES string of the molecule is [B]CN(CC)C(C)C. The van der Waals surface area contributed by atoms with Gasteiger partial charge in [0, 0.05) is 6.04 Å².